The number of nitrogens with zero attached hydrogens (tertiary/aromatic N) is 2. The van der Waals surface area contributed by atoms with Gasteiger partial charge >= 0.3 is 0 Å². The van der Waals surface area contributed by atoms with Crippen molar-refractivity contribution in [3.05, 3.63) is 69.3 Å². The maximum atomic E-state index is 14.1. The van der Waals surface area contributed by atoms with Crippen molar-refractivity contribution in [1.82, 2.24) is 4.90 Å². The van der Waals surface area contributed by atoms with E-state index in [9.17, 15) is 9.18 Å². The van der Waals surface area contributed by atoms with Gasteiger partial charge in [0, 0.05) is 12.1 Å². The van der Waals surface area contributed by atoms with Crippen LogP contribution in [0.4, 0.5) is 10.1 Å². The molecule has 1 saturated heterocycles. The van der Waals surface area contributed by atoms with Crippen LogP contribution in [0.3, 0.4) is 0 Å². The molecule has 1 fully saturated rings. The molecule has 6 heteroatoms. The van der Waals surface area contributed by atoms with Gasteiger partial charge < -0.3 is 0 Å². The first-order valence-corrected chi connectivity index (χ1v) is 9.50. The summed E-state index contributed by atoms with van der Waals surface area (Å²) in [6.45, 7) is 4.56. The summed E-state index contributed by atoms with van der Waals surface area (Å²) in [5.74, 6) is -0.633. The molecule has 1 amide bonds. The highest BCUT2D eigenvalue weighted by Gasteiger charge is 2.33. The molecule has 134 valence electrons. The van der Waals surface area contributed by atoms with Gasteiger partial charge in [0.05, 0.1) is 15.6 Å². The zero-order chi connectivity index (χ0) is 18.7. The molecule has 1 aliphatic heterocycles. The zero-order valence-electron chi connectivity index (χ0n) is 14.5. The fraction of sp³-hybridized carbons (Fsp3) is 0.200. The average molecular weight is 389 g/mol. The standard InChI is InChI=1S/C20H18ClFN2OS/c1-3-11-24-19(25)18(12-15-16(21)5-4-6-17(15)22)26-20(24)23-14-9-7-13(2)8-10-14/h4-10,12H,3,11H2,1-2H3/b18-12+,23-20?. The van der Waals surface area contributed by atoms with Crippen LogP contribution in [0.25, 0.3) is 6.08 Å². The monoisotopic (exact) mass is 388 g/mol. The highest BCUT2D eigenvalue weighted by Crippen LogP contribution is 2.35. The van der Waals surface area contributed by atoms with Crippen molar-refractivity contribution in [1.29, 1.82) is 0 Å². The number of aliphatic imine (C=N–C) groups is 1. The number of halogens is 2. The second-order valence-electron chi connectivity index (χ2n) is 5.93. The van der Waals surface area contributed by atoms with E-state index in [1.54, 1.807) is 11.0 Å². The van der Waals surface area contributed by atoms with E-state index in [-0.39, 0.29) is 16.5 Å². The summed E-state index contributed by atoms with van der Waals surface area (Å²) in [5, 5.41) is 0.872. The number of carbonyl (C=O) groups is 1. The molecule has 3 rings (SSSR count). The Bertz CT molecular complexity index is 873. The van der Waals surface area contributed by atoms with Crippen LogP contribution in [0.1, 0.15) is 24.5 Å². The molecule has 0 saturated carbocycles. The Morgan fingerprint density at radius 3 is 2.62 bits per heavy atom. The van der Waals surface area contributed by atoms with Crippen molar-refractivity contribution in [2.75, 3.05) is 6.54 Å². The van der Waals surface area contributed by atoms with Gasteiger partial charge in [0.2, 0.25) is 0 Å². The van der Waals surface area contributed by atoms with Crippen molar-refractivity contribution in [3.63, 3.8) is 0 Å². The molecule has 2 aromatic rings. The van der Waals surface area contributed by atoms with Gasteiger partial charge in [-0.1, -0.05) is 42.3 Å². The van der Waals surface area contributed by atoms with E-state index < -0.39 is 5.82 Å². The number of rotatable bonds is 4. The minimum absolute atomic E-state index is 0.179. The summed E-state index contributed by atoms with van der Waals surface area (Å²) < 4.78 is 14.1. The van der Waals surface area contributed by atoms with Gasteiger partial charge in [0.25, 0.3) is 5.91 Å². The highest BCUT2D eigenvalue weighted by molar-refractivity contribution is 8.18. The number of aryl methyl sites for hydroxylation is 1. The van der Waals surface area contributed by atoms with Crippen LogP contribution >= 0.6 is 23.4 Å². The number of amides is 1. The predicted molar refractivity (Wildman–Crippen MR) is 107 cm³/mol. The van der Waals surface area contributed by atoms with E-state index in [2.05, 4.69) is 4.99 Å². The molecule has 0 spiro atoms. The molecule has 26 heavy (non-hydrogen) atoms. The third-order valence-electron chi connectivity index (χ3n) is 3.87. The molecule has 0 bridgehead atoms. The largest absolute Gasteiger partial charge is 0.286 e. The van der Waals surface area contributed by atoms with Crippen LogP contribution in [-0.4, -0.2) is 22.5 Å². The number of carbonyl (C=O) groups excluding carboxylic acids is 1. The Balaban J connectivity index is 1.98. The molecule has 0 atom stereocenters. The van der Waals surface area contributed by atoms with E-state index in [1.807, 2.05) is 38.1 Å². The molecule has 0 aromatic heterocycles. The van der Waals surface area contributed by atoms with Crippen molar-refractivity contribution in [2.45, 2.75) is 20.3 Å². The Labute approximate surface area is 161 Å². The first-order chi connectivity index (χ1) is 12.5. The lowest BCUT2D eigenvalue weighted by molar-refractivity contribution is -0.122. The highest BCUT2D eigenvalue weighted by atomic mass is 35.5. The minimum Gasteiger partial charge on any atom is -0.286 e. The maximum absolute atomic E-state index is 14.1. The zero-order valence-corrected chi connectivity index (χ0v) is 16.1. The lowest BCUT2D eigenvalue weighted by Gasteiger charge is -2.14. The lowest BCUT2D eigenvalue weighted by atomic mass is 10.2. The molecule has 0 unspecified atom stereocenters. The second kappa shape index (κ2) is 8.06. The Hall–Kier alpha value is -2.11. The van der Waals surface area contributed by atoms with Gasteiger partial charge in [0.1, 0.15) is 5.82 Å². The van der Waals surface area contributed by atoms with Gasteiger partial charge in [0.15, 0.2) is 5.17 Å². The third-order valence-corrected chi connectivity index (χ3v) is 5.21. The van der Waals surface area contributed by atoms with Crippen LogP contribution < -0.4 is 0 Å². The van der Waals surface area contributed by atoms with Crippen molar-refractivity contribution in [3.8, 4) is 0 Å². The molecule has 0 N–H and O–H groups in total. The van der Waals surface area contributed by atoms with Gasteiger partial charge in [-0.05, 0) is 55.4 Å². The summed E-state index contributed by atoms with van der Waals surface area (Å²) in [6.07, 6.45) is 2.30. The third kappa shape index (κ3) is 4.00. The van der Waals surface area contributed by atoms with Crippen LogP contribution in [0, 0.1) is 12.7 Å². The van der Waals surface area contributed by atoms with E-state index >= 15 is 0 Å². The molecule has 3 nitrogen and oxygen atoms in total. The van der Waals surface area contributed by atoms with Crippen LogP contribution in [0.5, 0.6) is 0 Å². The van der Waals surface area contributed by atoms with E-state index in [1.165, 1.54) is 30.0 Å². The number of thioether (sulfide) groups is 1. The number of hydrogen-bond donors (Lipinski definition) is 0. The summed E-state index contributed by atoms with van der Waals surface area (Å²) in [6, 6.07) is 12.2. The average Bonchev–Trinajstić information content (AvgIpc) is 2.89. The number of hydrogen-bond acceptors (Lipinski definition) is 3. The molecule has 1 aliphatic rings. The molecule has 2 aromatic carbocycles. The predicted octanol–water partition coefficient (Wildman–Crippen LogP) is 5.80. The summed E-state index contributed by atoms with van der Waals surface area (Å²) in [4.78, 5) is 19.4. The fourth-order valence-electron chi connectivity index (χ4n) is 2.52. The Morgan fingerprint density at radius 2 is 1.96 bits per heavy atom. The number of benzene rings is 2. The van der Waals surface area contributed by atoms with E-state index in [0.29, 0.717) is 16.6 Å². The van der Waals surface area contributed by atoms with E-state index in [0.717, 1.165) is 17.7 Å². The molecule has 0 aliphatic carbocycles. The molecule has 0 radical (unpaired) electrons. The second-order valence-corrected chi connectivity index (χ2v) is 7.35. The van der Waals surface area contributed by atoms with Crippen LogP contribution in [0.15, 0.2) is 52.4 Å². The Morgan fingerprint density at radius 1 is 1.23 bits per heavy atom. The van der Waals surface area contributed by atoms with Gasteiger partial charge in [-0.15, -0.1) is 0 Å². The molecular weight excluding hydrogens is 371 g/mol. The minimum atomic E-state index is -0.454. The van der Waals surface area contributed by atoms with Crippen molar-refractivity contribution >= 4 is 46.2 Å². The number of amidine groups is 1. The smallest absolute Gasteiger partial charge is 0.266 e. The fourth-order valence-corrected chi connectivity index (χ4v) is 3.75. The van der Waals surface area contributed by atoms with Gasteiger partial charge in [-0.2, -0.15) is 0 Å². The summed E-state index contributed by atoms with van der Waals surface area (Å²) >= 11 is 7.33. The summed E-state index contributed by atoms with van der Waals surface area (Å²) in [7, 11) is 0. The van der Waals surface area contributed by atoms with Crippen LogP contribution in [0.2, 0.25) is 5.02 Å². The van der Waals surface area contributed by atoms with E-state index in [4.69, 9.17) is 11.6 Å². The van der Waals surface area contributed by atoms with Gasteiger partial charge in [-0.25, -0.2) is 9.38 Å². The Kier molecular flexibility index (Phi) is 5.79. The molecular formula is C20H18ClFN2OS. The summed E-state index contributed by atoms with van der Waals surface area (Å²) in [5.41, 5.74) is 2.14. The first-order valence-electron chi connectivity index (χ1n) is 8.30. The quantitative estimate of drug-likeness (QED) is 0.620. The SMILES string of the molecule is CCCN1C(=O)/C(=C\c2c(F)cccc2Cl)SC1=Nc1ccc(C)cc1. The first kappa shape index (κ1) is 18.7. The van der Waals surface area contributed by atoms with Gasteiger partial charge in [-0.3, -0.25) is 9.69 Å². The normalized spacial score (nSPS) is 17.5. The maximum Gasteiger partial charge on any atom is 0.266 e. The topological polar surface area (TPSA) is 32.7 Å². The van der Waals surface area contributed by atoms with Crippen LogP contribution in [-0.2, 0) is 4.79 Å². The van der Waals surface area contributed by atoms with Crippen molar-refractivity contribution in [2.24, 2.45) is 4.99 Å². The van der Waals surface area contributed by atoms with Crippen molar-refractivity contribution < 1.29 is 9.18 Å². The molecule has 1 heterocycles. The lowest BCUT2D eigenvalue weighted by Crippen LogP contribution is -2.29.